The summed E-state index contributed by atoms with van der Waals surface area (Å²) in [4.78, 5) is 11.1. The van der Waals surface area contributed by atoms with Crippen molar-refractivity contribution in [1.29, 1.82) is 5.26 Å². The molecular weight excluding hydrogens is 276 g/mol. The highest BCUT2D eigenvalue weighted by atomic mass is 16.5. The SMILES string of the molecule is COc1ccc(C2CCCN2c2nc(C)cc(C#N)n2)cc1. The van der Waals surface area contributed by atoms with E-state index in [1.807, 2.05) is 19.1 Å². The fourth-order valence-electron chi connectivity index (χ4n) is 2.92. The number of hydrogen-bond acceptors (Lipinski definition) is 5. The summed E-state index contributed by atoms with van der Waals surface area (Å²) in [5.41, 5.74) is 2.46. The highest BCUT2D eigenvalue weighted by Gasteiger charge is 2.28. The van der Waals surface area contributed by atoms with E-state index in [0.29, 0.717) is 11.6 Å². The first-order valence-electron chi connectivity index (χ1n) is 7.37. The van der Waals surface area contributed by atoms with E-state index in [2.05, 4.69) is 33.1 Å². The van der Waals surface area contributed by atoms with E-state index in [-0.39, 0.29) is 6.04 Å². The predicted octanol–water partition coefficient (Wildman–Crippen LogP) is 3.01. The van der Waals surface area contributed by atoms with E-state index < -0.39 is 0 Å². The van der Waals surface area contributed by atoms with Gasteiger partial charge in [0.1, 0.15) is 17.5 Å². The summed E-state index contributed by atoms with van der Waals surface area (Å²) in [6, 6.07) is 12.2. The molecule has 1 aromatic heterocycles. The maximum Gasteiger partial charge on any atom is 0.227 e. The molecule has 3 rings (SSSR count). The molecule has 5 nitrogen and oxygen atoms in total. The number of aryl methyl sites for hydroxylation is 1. The Morgan fingerprint density at radius 1 is 1.27 bits per heavy atom. The van der Waals surface area contributed by atoms with Gasteiger partial charge in [0.2, 0.25) is 5.95 Å². The quantitative estimate of drug-likeness (QED) is 0.870. The first kappa shape index (κ1) is 14.3. The van der Waals surface area contributed by atoms with Crippen LogP contribution in [-0.4, -0.2) is 23.6 Å². The Labute approximate surface area is 130 Å². The standard InChI is InChI=1S/C17H18N4O/c1-12-10-14(11-18)20-17(19-12)21-9-3-4-16(21)13-5-7-15(22-2)8-6-13/h5-8,10,16H,3-4,9H2,1-2H3. The number of nitrogens with zero attached hydrogens (tertiary/aromatic N) is 4. The largest absolute Gasteiger partial charge is 0.497 e. The van der Waals surface area contributed by atoms with Crippen LogP contribution in [0.1, 0.15) is 35.8 Å². The van der Waals surface area contributed by atoms with Crippen molar-refractivity contribution in [2.75, 3.05) is 18.6 Å². The third-order valence-corrected chi connectivity index (χ3v) is 3.97. The van der Waals surface area contributed by atoms with E-state index in [9.17, 15) is 0 Å². The molecule has 0 amide bonds. The molecule has 1 unspecified atom stereocenters. The van der Waals surface area contributed by atoms with Gasteiger partial charge in [0, 0.05) is 12.2 Å². The summed E-state index contributed by atoms with van der Waals surface area (Å²) >= 11 is 0. The molecule has 0 radical (unpaired) electrons. The highest BCUT2D eigenvalue weighted by molar-refractivity contribution is 5.42. The van der Waals surface area contributed by atoms with Gasteiger partial charge in [-0.2, -0.15) is 5.26 Å². The van der Waals surface area contributed by atoms with Crippen LogP contribution in [0.2, 0.25) is 0 Å². The van der Waals surface area contributed by atoms with Gasteiger partial charge < -0.3 is 9.64 Å². The second kappa shape index (κ2) is 6.02. The number of aromatic nitrogens is 2. The third kappa shape index (κ3) is 2.73. The number of anilines is 1. The zero-order valence-corrected chi connectivity index (χ0v) is 12.8. The molecule has 0 spiro atoms. The average Bonchev–Trinajstić information content (AvgIpc) is 3.04. The molecule has 0 aliphatic carbocycles. The van der Waals surface area contributed by atoms with Crippen LogP contribution in [0, 0.1) is 18.3 Å². The monoisotopic (exact) mass is 294 g/mol. The minimum atomic E-state index is 0.249. The number of benzene rings is 1. The van der Waals surface area contributed by atoms with Crippen molar-refractivity contribution in [3.05, 3.63) is 47.3 Å². The van der Waals surface area contributed by atoms with E-state index in [1.54, 1.807) is 13.2 Å². The van der Waals surface area contributed by atoms with Gasteiger partial charge in [-0.1, -0.05) is 12.1 Å². The molecule has 1 saturated heterocycles. The molecule has 112 valence electrons. The summed E-state index contributed by atoms with van der Waals surface area (Å²) in [6.45, 7) is 2.80. The highest BCUT2D eigenvalue weighted by Crippen LogP contribution is 2.35. The molecule has 0 saturated carbocycles. The number of hydrogen-bond donors (Lipinski definition) is 0. The minimum absolute atomic E-state index is 0.249. The van der Waals surface area contributed by atoms with Gasteiger partial charge in [-0.15, -0.1) is 0 Å². The van der Waals surface area contributed by atoms with Gasteiger partial charge in [0.15, 0.2) is 0 Å². The zero-order valence-electron chi connectivity index (χ0n) is 12.8. The van der Waals surface area contributed by atoms with E-state index in [4.69, 9.17) is 10.00 Å². The van der Waals surface area contributed by atoms with Gasteiger partial charge in [0.25, 0.3) is 0 Å². The Morgan fingerprint density at radius 3 is 2.73 bits per heavy atom. The fourth-order valence-corrected chi connectivity index (χ4v) is 2.92. The fraction of sp³-hybridized carbons (Fsp3) is 0.353. The lowest BCUT2D eigenvalue weighted by Gasteiger charge is -2.25. The summed E-state index contributed by atoms with van der Waals surface area (Å²) in [5, 5.41) is 9.10. The molecule has 0 bridgehead atoms. The van der Waals surface area contributed by atoms with Crippen LogP contribution in [-0.2, 0) is 0 Å². The number of methoxy groups -OCH3 is 1. The van der Waals surface area contributed by atoms with E-state index in [0.717, 1.165) is 30.8 Å². The minimum Gasteiger partial charge on any atom is -0.497 e. The van der Waals surface area contributed by atoms with E-state index in [1.165, 1.54) is 5.56 Å². The van der Waals surface area contributed by atoms with Crippen LogP contribution in [0.15, 0.2) is 30.3 Å². The Kier molecular flexibility index (Phi) is 3.92. The topological polar surface area (TPSA) is 62.0 Å². The normalized spacial score (nSPS) is 17.3. The number of nitriles is 1. The van der Waals surface area contributed by atoms with Crippen LogP contribution >= 0.6 is 0 Å². The van der Waals surface area contributed by atoms with Crippen LogP contribution in [0.25, 0.3) is 0 Å². The number of rotatable bonds is 3. The van der Waals surface area contributed by atoms with Gasteiger partial charge in [-0.3, -0.25) is 0 Å². The molecule has 1 aromatic carbocycles. The first-order chi connectivity index (χ1) is 10.7. The Morgan fingerprint density at radius 2 is 2.05 bits per heavy atom. The van der Waals surface area contributed by atoms with Crippen molar-refractivity contribution in [3.8, 4) is 11.8 Å². The van der Waals surface area contributed by atoms with E-state index >= 15 is 0 Å². The summed E-state index contributed by atoms with van der Waals surface area (Å²) in [6.07, 6.45) is 2.15. The maximum absolute atomic E-state index is 9.10. The Bertz CT molecular complexity index is 706. The third-order valence-electron chi connectivity index (χ3n) is 3.97. The molecule has 2 heterocycles. The van der Waals surface area contributed by atoms with Crippen LogP contribution in [0.5, 0.6) is 5.75 Å². The molecule has 22 heavy (non-hydrogen) atoms. The first-order valence-corrected chi connectivity index (χ1v) is 7.37. The molecule has 1 atom stereocenters. The van der Waals surface area contributed by atoms with Crippen molar-refractivity contribution in [1.82, 2.24) is 9.97 Å². The predicted molar refractivity (Wildman–Crippen MR) is 83.8 cm³/mol. The number of ether oxygens (including phenoxy) is 1. The zero-order chi connectivity index (χ0) is 15.5. The summed E-state index contributed by atoms with van der Waals surface area (Å²) in [5.74, 6) is 1.50. The van der Waals surface area contributed by atoms with Crippen molar-refractivity contribution in [2.24, 2.45) is 0 Å². The van der Waals surface area contributed by atoms with Crippen molar-refractivity contribution in [2.45, 2.75) is 25.8 Å². The van der Waals surface area contributed by atoms with Gasteiger partial charge in [-0.05, 0) is 43.5 Å². The molecule has 0 N–H and O–H groups in total. The van der Waals surface area contributed by atoms with Crippen molar-refractivity contribution < 1.29 is 4.74 Å². The summed E-state index contributed by atoms with van der Waals surface area (Å²) in [7, 11) is 1.67. The van der Waals surface area contributed by atoms with Gasteiger partial charge in [0.05, 0.1) is 13.2 Å². The molecule has 5 heteroatoms. The molecule has 1 fully saturated rings. The second-order valence-corrected chi connectivity index (χ2v) is 5.43. The van der Waals surface area contributed by atoms with Gasteiger partial charge >= 0.3 is 0 Å². The smallest absolute Gasteiger partial charge is 0.227 e. The Balaban J connectivity index is 1.92. The molecule has 1 aliphatic rings. The second-order valence-electron chi connectivity index (χ2n) is 5.43. The lowest BCUT2D eigenvalue weighted by atomic mass is 10.0. The lowest BCUT2D eigenvalue weighted by Crippen LogP contribution is -2.25. The van der Waals surface area contributed by atoms with Crippen molar-refractivity contribution in [3.63, 3.8) is 0 Å². The van der Waals surface area contributed by atoms with Crippen molar-refractivity contribution >= 4 is 5.95 Å². The average molecular weight is 294 g/mol. The molecule has 2 aromatic rings. The van der Waals surface area contributed by atoms with Crippen LogP contribution in [0.3, 0.4) is 0 Å². The molecular formula is C17H18N4O. The van der Waals surface area contributed by atoms with Crippen LogP contribution < -0.4 is 9.64 Å². The van der Waals surface area contributed by atoms with Crippen LogP contribution in [0.4, 0.5) is 5.95 Å². The molecule has 1 aliphatic heterocycles. The van der Waals surface area contributed by atoms with Gasteiger partial charge in [-0.25, -0.2) is 9.97 Å². The Hall–Kier alpha value is -2.61. The lowest BCUT2D eigenvalue weighted by molar-refractivity contribution is 0.414. The maximum atomic E-state index is 9.10. The summed E-state index contributed by atoms with van der Waals surface area (Å²) < 4.78 is 5.21.